The predicted octanol–water partition coefficient (Wildman–Crippen LogP) is 5.23. The minimum Gasteiger partial charge on any atom is -0.454 e. The molecule has 8 heteroatoms. The van der Waals surface area contributed by atoms with Gasteiger partial charge in [0.15, 0.2) is 24.4 Å². The Balaban J connectivity index is 1.86. The molecule has 0 radical (unpaired) electrons. The van der Waals surface area contributed by atoms with E-state index in [0.29, 0.717) is 11.1 Å². The molecule has 0 saturated carbocycles. The van der Waals surface area contributed by atoms with Gasteiger partial charge in [-0.3, -0.25) is 19.2 Å². The maximum Gasteiger partial charge on any atom is 0.303 e. The molecule has 0 amide bonds. The van der Waals surface area contributed by atoms with Crippen LogP contribution in [-0.2, 0) is 38.1 Å². The van der Waals surface area contributed by atoms with E-state index in [2.05, 4.69) is 6.07 Å². The van der Waals surface area contributed by atoms with Gasteiger partial charge in [0.2, 0.25) is 0 Å². The van der Waals surface area contributed by atoms with Gasteiger partial charge in [0.1, 0.15) is 0 Å². The first-order valence-electron chi connectivity index (χ1n) is 12.2. The van der Waals surface area contributed by atoms with Gasteiger partial charge in [-0.25, -0.2) is 0 Å². The Morgan fingerprint density at radius 1 is 0.526 bits per heavy atom. The molecular formula is C30H26O8. The number of carbonyl (C=O) groups excluding carboxylic acids is 4. The average Bonchev–Trinajstić information content (AvgIpc) is 2.85. The van der Waals surface area contributed by atoms with Crippen molar-refractivity contribution in [1.82, 2.24) is 0 Å². The molecule has 4 aromatic rings. The van der Waals surface area contributed by atoms with Gasteiger partial charge >= 0.3 is 23.9 Å². The van der Waals surface area contributed by atoms with Gasteiger partial charge in [-0.1, -0.05) is 48.5 Å². The van der Waals surface area contributed by atoms with Crippen LogP contribution in [0.1, 0.15) is 51.0 Å². The number of fused-ring (bicyclic) bond motifs is 6. The molecule has 1 aliphatic carbocycles. The number of rotatable bonds is 4. The van der Waals surface area contributed by atoms with E-state index >= 15 is 0 Å². The molecule has 4 aromatic carbocycles. The quantitative estimate of drug-likeness (QED) is 0.158. The molecule has 194 valence electrons. The summed E-state index contributed by atoms with van der Waals surface area (Å²) in [5.41, 5.74) is 1.02. The second-order valence-electron chi connectivity index (χ2n) is 9.36. The van der Waals surface area contributed by atoms with Crippen molar-refractivity contribution in [2.24, 2.45) is 0 Å². The van der Waals surface area contributed by atoms with Crippen LogP contribution < -0.4 is 0 Å². The molecule has 0 heterocycles. The number of ether oxygens (including phenoxy) is 4. The molecule has 0 spiro atoms. The first-order chi connectivity index (χ1) is 18.1. The van der Waals surface area contributed by atoms with E-state index in [9.17, 15) is 19.2 Å². The molecule has 4 atom stereocenters. The normalized spacial score (nSPS) is 20.5. The monoisotopic (exact) mass is 514 g/mol. The summed E-state index contributed by atoms with van der Waals surface area (Å²) in [4.78, 5) is 48.8. The van der Waals surface area contributed by atoms with Crippen LogP contribution in [0.5, 0.6) is 0 Å². The largest absolute Gasteiger partial charge is 0.454 e. The molecule has 5 rings (SSSR count). The highest BCUT2D eigenvalue weighted by molar-refractivity contribution is 6.12. The SMILES string of the molecule is CC(=O)O[C@@H]1[C@H](OC(C)=O)[C@@H](OC(C)=O)c2ccc3cc4ccc5ccccc5c4cc3c2[C@H]1OC(C)=O. The van der Waals surface area contributed by atoms with Gasteiger partial charge in [-0.2, -0.15) is 0 Å². The number of benzene rings is 4. The number of hydrogen-bond donors (Lipinski definition) is 0. The van der Waals surface area contributed by atoms with Gasteiger partial charge in [0.05, 0.1) is 0 Å². The van der Waals surface area contributed by atoms with Crippen LogP contribution in [0.2, 0.25) is 0 Å². The van der Waals surface area contributed by atoms with Gasteiger partial charge in [0.25, 0.3) is 0 Å². The van der Waals surface area contributed by atoms with Crippen molar-refractivity contribution in [2.75, 3.05) is 0 Å². The lowest BCUT2D eigenvalue weighted by atomic mass is 9.79. The summed E-state index contributed by atoms with van der Waals surface area (Å²) in [6.45, 7) is 4.89. The van der Waals surface area contributed by atoms with Crippen LogP contribution in [-0.4, -0.2) is 36.1 Å². The molecule has 38 heavy (non-hydrogen) atoms. The first kappa shape index (κ1) is 25.2. The van der Waals surface area contributed by atoms with Crippen molar-refractivity contribution >= 4 is 56.2 Å². The summed E-state index contributed by atoms with van der Waals surface area (Å²) in [7, 11) is 0. The lowest BCUT2D eigenvalue weighted by molar-refractivity contribution is -0.204. The van der Waals surface area contributed by atoms with Crippen molar-refractivity contribution < 1.29 is 38.1 Å². The Morgan fingerprint density at radius 2 is 1.05 bits per heavy atom. The highest BCUT2D eigenvalue weighted by atomic mass is 16.6. The van der Waals surface area contributed by atoms with E-state index in [0.717, 1.165) is 32.3 Å². The van der Waals surface area contributed by atoms with Crippen LogP contribution in [0.4, 0.5) is 0 Å². The van der Waals surface area contributed by atoms with Gasteiger partial charge in [0, 0.05) is 38.8 Å². The number of hydrogen-bond acceptors (Lipinski definition) is 8. The van der Waals surface area contributed by atoms with Crippen LogP contribution in [0, 0.1) is 0 Å². The number of esters is 4. The first-order valence-corrected chi connectivity index (χ1v) is 12.2. The van der Waals surface area contributed by atoms with Crippen molar-refractivity contribution in [3.63, 3.8) is 0 Å². The molecule has 0 saturated heterocycles. The van der Waals surface area contributed by atoms with Gasteiger partial charge in [-0.15, -0.1) is 0 Å². The van der Waals surface area contributed by atoms with Gasteiger partial charge < -0.3 is 18.9 Å². The van der Waals surface area contributed by atoms with E-state index in [1.807, 2.05) is 48.5 Å². The lowest BCUT2D eigenvalue weighted by Crippen LogP contribution is -2.48. The molecule has 8 nitrogen and oxygen atoms in total. The summed E-state index contributed by atoms with van der Waals surface area (Å²) < 4.78 is 22.6. The third kappa shape index (κ3) is 4.53. The van der Waals surface area contributed by atoms with Crippen LogP contribution in [0.3, 0.4) is 0 Å². The highest BCUT2D eigenvalue weighted by Crippen LogP contribution is 2.47. The molecule has 0 N–H and O–H groups in total. The molecule has 1 aliphatic rings. The van der Waals surface area contributed by atoms with Gasteiger partial charge in [-0.05, 0) is 44.5 Å². The second-order valence-corrected chi connectivity index (χ2v) is 9.36. The maximum atomic E-state index is 12.3. The highest BCUT2D eigenvalue weighted by Gasteiger charge is 2.51. The second kappa shape index (κ2) is 9.78. The Bertz CT molecular complexity index is 1620. The van der Waals surface area contributed by atoms with Crippen LogP contribution in [0.15, 0.2) is 60.7 Å². The standard InChI is InChI=1S/C30H26O8/c1-15(31)35-27-23-12-11-21-13-20-10-9-19-7-5-6-8-22(19)24(20)14-25(21)26(23)28(36-16(2)32)30(38-18(4)34)29(27)37-17(3)33/h5-14,27-30H,1-4H3/t27-,28+,29+,30-/m0/s1. The zero-order valence-corrected chi connectivity index (χ0v) is 21.3. The van der Waals surface area contributed by atoms with E-state index in [1.165, 1.54) is 27.7 Å². The Hall–Kier alpha value is -4.46. The molecule has 0 aliphatic heterocycles. The fourth-order valence-corrected chi connectivity index (χ4v) is 5.37. The summed E-state index contributed by atoms with van der Waals surface area (Å²) in [5, 5.41) is 5.66. The van der Waals surface area contributed by atoms with Crippen LogP contribution >= 0.6 is 0 Å². The third-order valence-electron chi connectivity index (χ3n) is 6.66. The minimum absolute atomic E-state index is 0.494. The van der Waals surface area contributed by atoms with E-state index < -0.39 is 48.3 Å². The van der Waals surface area contributed by atoms with Crippen LogP contribution in [0.25, 0.3) is 32.3 Å². The topological polar surface area (TPSA) is 105 Å². The molecular weight excluding hydrogens is 488 g/mol. The van der Waals surface area contributed by atoms with E-state index in [4.69, 9.17) is 18.9 Å². The Morgan fingerprint density at radius 3 is 1.71 bits per heavy atom. The fraction of sp³-hybridized carbons (Fsp3) is 0.267. The number of carbonyl (C=O) groups is 4. The van der Waals surface area contributed by atoms with E-state index in [-0.39, 0.29) is 0 Å². The summed E-state index contributed by atoms with van der Waals surface area (Å²) in [5.74, 6) is -2.58. The fourth-order valence-electron chi connectivity index (χ4n) is 5.37. The van der Waals surface area contributed by atoms with Crippen molar-refractivity contribution in [3.05, 3.63) is 71.8 Å². The Labute approximate surface area is 218 Å². The zero-order valence-electron chi connectivity index (χ0n) is 21.3. The predicted molar refractivity (Wildman–Crippen MR) is 139 cm³/mol. The third-order valence-corrected chi connectivity index (χ3v) is 6.66. The molecule has 0 aromatic heterocycles. The van der Waals surface area contributed by atoms with E-state index in [1.54, 1.807) is 6.07 Å². The Kier molecular flexibility index (Phi) is 6.48. The average molecular weight is 515 g/mol. The summed E-state index contributed by atoms with van der Waals surface area (Å²) >= 11 is 0. The van der Waals surface area contributed by atoms with Crippen molar-refractivity contribution in [3.8, 4) is 0 Å². The van der Waals surface area contributed by atoms with Crippen molar-refractivity contribution in [2.45, 2.75) is 52.1 Å². The maximum absolute atomic E-state index is 12.3. The molecule has 0 unspecified atom stereocenters. The molecule has 0 fully saturated rings. The summed E-state index contributed by atoms with van der Waals surface area (Å²) in [6.07, 6.45) is -4.73. The zero-order chi connectivity index (χ0) is 27.1. The minimum atomic E-state index is -1.26. The van der Waals surface area contributed by atoms with Crippen molar-refractivity contribution in [1.29, 1.82) is 0 Å². The lowest BCUT2D eigenvalue weighted by Gasteiger charge is -2.41. The smallest absolute Gasteiger partial charge is 0.303 e. The summed E-state index contributed by atoms with van der Waals surface area (Å²) in [6, 6.07) is 19.8. The molecule has 0 bridgehead atoms.